The van der Waals surface area contributed by atoms with E-state index in [1.165, 1.54) is 28.9 Å². The van der Waals surface area contributed by atoms with Gasteiger partial charge in [-0.25, -0.2) is 22.3 Å². The lowest BCUT2D eigenvalue weighted by Crippen LogP contribution is -2.22. The summed E-state index contributed by atoms with van der Waals surface area (Å²) in [5, 5.41) is 15.0. The monoisotopic (exact) mass is 561 g/mol. The van der Waals surface area contributed by atoms with Gasteiger partial charge in [0.05, 0.1) is 39.9 Å². The smallest absolute Gasteiger partial charge is 0.305 e. The highest BCUT2D eigenvalue weighted by Gasteiger charge is 2.22. The van der Waals surface area contributed by atoms with Crippen molar-refractivity contribution in [1.29, 1.82) is 0 Å². The lowest BCUT2D eigenvalue weighted by atomic mass is 9.92. The Balaban J connectivity index is 1.40. The number of pyridine rings is 1. The number of anilines is 2. The van der Waals surface area contributed by atoms with Gasteiger partial charge in [0, 0.05) is 41.9 Å². The first kappa shape index (κ1) is 27.0. The van der Waals surface area contributed by atoms with Crippen molar-refractivity contribution >= 4 is 38.3 Å². The van der Waals surface area contributed by atoms with Crippen LogP contribution in [0.4, 0.5) is 20.7 Å². The number of amides is 2. The zero-order chi connectivity index (χ0) is 28.8. The number of carbonyl (C=O) groups excluding carboxylic acids is 1. The minimum atomic E-state index is -3.37. The molecule has 5 aromatic rings. The lowest BCUT2D eigenvalue weighted by molar-refractivity contribution is 0.262. The van der Waals surface area contributed by atoms with Crippen LogP contribution in [0.5, 0.6) is 0 Å². The van der Waals surface area contributed by atoms with Crippen LogP contribution in [0.1, 0.15) is 26.5 Å². The van der Waals surface area contributed by atoms with E-state index >= 15 is 4.39 Å². The summed E-state index contributed by atoms with van der Waals surface area (Å²) in [4.78, 5) is 17.4. The van der Waals surface area contributed by atoms with Crippen LogP contribution < -0.4 is 10.6 Å². The molecule has 0 aliphatic rings. The molecule has 3 heterocycles. The summed E-state index contributed by atoms with van der Waals surface area (Å²) >= 11 is 0. The summed E-state index contributed by atoms with van der Waals surface area (Å²) in [6, 6.07) is 11.8. The zero-order valence-corrected chi connectivity index (χ0v) is 23.4. The molecule has 0 saturated heterocycles. The first-order chi connectivity index (χ1) is 18.8. The van der Waals surface area contributed by atoms with Crippen molar-refractivity contribution in [1.82, 2.24) is 24.5 Å². The average Bonchev–Trinajstić information content (AvgIpc) is 3.49. The minimum absolute atomic E-state index is 0.00723. The molecular formula is C28H28FN7O3S. The number of urea groups is 1. The van der Waals surface area contributed by atoms with Gasteiger partial charge in [-0.1, -0.05) is 26.8 Å². The second-order valence-electron chi connectivity index (χ2n) is 10.5. The van der Waals surface area contributed by atoms with E-state index in [9.17, 15) is 13.2 Å². The van der Waals surface area contributed by atoms with Crippen molar-refractivity contribution in [3.8, 4) is 16.8 Å². The number of hydrogen-bond donors (Lipinski definition) is 2. The standard InChI is InChI=1S/C28H28FN7O3S/c1-28(2,3)25-13-26(36(34-25)18-7-9-19(10-8-18)40(5,38)39)33-27(37)32-23-11-6-17(12-22(23)29)20-14-30-16-24-21(20)15-31-35(24)4/h6-16H,1-5H3,(H2,32,33,37). The Morgan fingerprint density at radius 1 is 0.975 bits per heavy atom. The number of aromatic nitrogens is 5. The fourth-order valence-electron chi connectivity index (χ4n) is 4.21. The first-order valence-corrected chi connectivity index (χ1v) is 14.2. The Kier molecular flexibility index (Phi) is 6.66. The van der Waals surface area contributed by atoms with Gasteiger partial charge in [-0.05, 0) is 42.0 Å². The molecule has 10 nitrogen and oxygen atoms in total. The van der Waals surface area contributed by atoms with Gasteiger partial charge in [0.2, 0.25) is 0 Å². The Hall–Kier alpha value is -4.58. The predicted molar refractivity (Wildman–Crippen MR) is 152 cm³/mol. The van der Waals surface area contributed by atoms with Gasteiger partial charge in [-0.2, -0.15) is 10.2 Å². The summed E-state index contributed by atoms with van der Waals surface area (Å²) in [5.74, 6) is -0.283. The van der Waals surface area contributed by atoms with Crippen LogP contribution in [-0.2, 0) is 22.3 Å². The highest BCUT2D eigenvalue weighted by molar-refractivity contribution is 7.90. The number of nitrogens with zero attached hydrogens (tertiary/aromatic N) is 5. The largest absolute Gasteiger partial charge is 0.324 e. The highest BCUT2D eigenvalue weighted by Crippen LogP contribution is 2.30. The molecule has 12 heteroatoms. The molecule has 0 fully saturated rings. The van der Waals surface area contributed by atoms with E-state index in [0.29, 0.717) is 22.8 Å². The van der Waals surface area contributed by atoms with Crippen LogP contribution in [0.25, 0.3) is 27.7 Å². The fraction of sp³-hybridized carbons (Fsp3) is 0.214. The van der Waals surface area contributed by atoms with Crippen molar-refractivity contribution < 1.29 is 17.6 Å². The van der Waals surface area contributed by atoms with Crippen LogP contribution in [0.2, 0.25) is 0 Å². The Morgan fingerprint density at radius 3 is 2.35 bits per heavy atom. The molecule has 3 aromatic heterocycles. The number of fused-ring (bicyclic) bond motifs is 1. The summed E-state index contributed by atoms with van der Waals surface area (Å²) in [7, 11) is -1.56. The van der Waals surface area contributed by atoms with Crippen LogP contribution in [-0.4, -0.2) is 45.2 Å². The number of halogens is 1. The normalized spacial score (nSPS) is 12.1. The van der Waals surface area contributed by atoms with Crippen LogP contribution in [0, 0.1) is 5.82 Å². The zero-order valence-electron chi connectivity index (χ0n) is 22.6. The van der Waals surface area contributed by atoms with E-state index in [1.807, 2.05) is 20.8 Å². The summed E-state index contributed by atoms with van der Waals surface area (Å²) in [6.07, 6.45) is 6.17. The van der Waals surface area contributed by atoms with E-state index < -0.39 is 21.7 Å². The number of aryl methyl sites for hydroxylation is 1. The molecule has 0 aliphatic heterocycles. The van der Waals surface area contributed by atoms with E-state index in [4.69, 9.17) is 0 Å². The van der Waals surface area contributed by atoms with Gasteiger partial charge in [0.1, 0.15) is 11.6 Å². The van der Waals surface area contributed by atoms with Gasteiger partial charge in [-0.3, -0.25) is 15.0 Å². The van der Waals surface area contributed by atoms with Gasteiger partial charge in [-0.15, -0.1) is 0 Å². The lowest BCUT2D eigenvalue weighted by Gasteiger charge is -2.14. The highest BCUT2D eigenvalue weighted by atomic mass is 32.2. The van der Waals surface area contributed by atoms with Gasteiger partial charge >= 0.3 is 6.03 Å². The van der Waals surface area contributed by atoms with Crippen molar-refractivity contribution in [3.05, 3.63) is 78.6 Å². The maximum atomic E-state index is 15.1. The molecule has 2 amide bonds. The van der Waals surface area contributed by atoms with Crippen molar-refractivity contribution in [3.63, 3.8) is 0 Å². The third-order valence-electron chi connectivity index (χ3n) is 6.43. The fourth-order valence-corrected chi connectivity index (χ4v) is 4.84. The molecule has 2 N–H and O–H groups in total. The second kappa shape index (κ2) is 9.87. The molecular weight excluding hydrogens is 533 g/mol. The average molecular weight is 562 g/mol. The SMILES string of the molecule is Cn1ncc2c(-c3ccc(NC(=O)Nc4cc(C(C)(C)C)nn4-c4ccc(S(C)(=O)=O)cc4)c(F)c3)cncc21. The Bertz CT molecular complexity index is 1850. The second-order valence-corrected chi connectivity index (χ2v) is 12.5. The molecule has 0 spiro atoms. The number of sulfone groups is 1. The number of carbonyl (C=O) groups is 1. The summed E-state index contributed by atoms with van der Waals surface area (Å²) in [5.41, 5.74) is 3.04. The van der Waals surface area contributed by atoms with E-state index in [0.717, 1.165) is 22.7 Å². The van der Waals surface area contributed by atoms with Crippen molar-refractivity contribution in [2.24, 2.45) is 7.05 Å². The quantitative estimate of drug-likeness (QED) is 0.300. The minimum Gasteiger partial charge on any atom is -0.305 e. The van der Waals surface area contributed by atoms with Gasteiger partial charge in [0.25, 0.3) is 0 Å². The van der Waals surface area contributed by atoms with E-state index in [-0.39, 0.29) is 16.0 Å². The van der Waals surface area contributed by atoms with Crippen molar-refractivity contribution in [2.75, 3.05) is 16.9 Å². The number of nitrogens with one attached hydrogen (secondary N) is 2. The third-order valence-corrected chi connectivity index (χ3v) is 7.56. The molecule has 0 aliphatic carbocycles. The van der Waals surface area contributed by atoms with E-state index in [2.05, 4.69) is 25.8 Å². The molecule has 5 rings (SSSR count). The molecule has 0 radical (unpaired) electrons. The number of rotatable bonds is 5. The topological polar surface area (TPSA) is 124 Å². The number of benzene rings is 2. The third kappa shape index (κ3) is 5.30. The van der Waals surface area contributed by atoms with Crippen molar-refractivity contribution in [2.45, 2.75) is 31.1 Å². The van der Waals surface area contributed by atoms with Gasteiger partial charge in [0.15, 0.2) is 9.84 Å². The molecule has 206 valence electrons. The van der Waals surface area contributed by atoms with Crippen LogP contribution in [0.3, 0.4) is 0 Å². The van der Waals surface area contributed by atoms with Crippen LogP contribution in [0.15, 0.2) is 72.0 Å². The molecule has 0 unspecified atom stereocenters. The molecule has 0 saturated carbocycles. The first-order valence-electron chi connectivity index (χ1n) is 12.4. The molecule has 40 heavy (non-hydrogen) atoms. The number of hydrogen-bond acceptors (Lipinski definition) is 6. The summed E-state index contributed by atoms with van der Waals surface area (Å²) in [6.45, 7) is 5.94. The Morgan fingerprint density at radius 2 is 1.70 bits per heavy atom. The predicted octanol–water partition coefficient (Wildman–Crippen LogP) is 5.31. The molecule has 0 atom stereocenters. The maximum Gasteiger partial charge on any atom is 0.324 e. The molecule has 2 aromatic carbocycles. The Labute approximate surface area is 230 Å². The van der Waals surface area contributed by atoms with Gasteiger partial charge < -0.3 is 5.32 Å². The van der Waals surface area contributed by atoms with E-state index in [1.54, 1.807) is 54.6 Å². The molecule has 0 bridgehead atoms. The van der Waals surface area contributed by atoms with Crippen LogP contribution >= 0.6 is 0 Å². The maximum absolute atomic E-state index is 15.1. The summed E-state index contributed by atoms with van der Waals surface area (Å²) < 4.78 is 42.1.